The van der Waals surface area contributed by atoms with Crippen molar-refractivity contribution < 1.29 is 9.59 Å². The highest BCUT2D eigenvalue weighted by atomic mass is 16.2. The summed E-state index contributed by atoms with van der Waals surface area (Å²) in [6.07, 6.45) is 20.5. The van der Waals surface area contributed by atoms with Gasteiger partial charge in [-0.1, -0.05) is 89.7 Å². The van der Waals surface area contributed by atoms with Crippen LogP contribution in [0.5, 0.6) is 0 Å². The standard InChI is InChI=1S/C27H39NO2/c1-5-22-23-24(27(4)18-16-26(23,3)17-19-27)25(30)28(22)20-14-12-10-8-6-7-9-11-13-15-21(2)29/h16-19,23-24H,1,6-15,20H2,2-4H3. The van der Waals surface area contributed by atoms with Crippen molar-refractivity contribution in [2.75, 3.05) is 6.54 Å². The normalized spacial score (nSPS) is 31.4. The maximum atomic E-state index is 13.3. The van der Waals surface area contributed by atoms with Crippen LogP contribution in [0.15, 0.2) is 42.3 Å². The molecular formula is C27H39NO2. The number of carbonyl (C=O) groups is 2. The average molecular weight is 410 g/mol. The molecule has 4 aliphatic rings. The van der Waals surface area contributed by atoms with Crippen LogP contribution in [0.1, 0.15) is 85.0 Å². The Labute approximate surface area is 183 Å². The zero-order valence-electron chi connectivity index (χ0n) is 19.2. The first-order valence-electron chi connectivity index (χ1n) is 11.9. The van der Waals surface area contributed by atoms with E-state index in [9.17, 15) is 9.59 Å². The molecule has 0 aromatic rings. The van der Waals surface area contributed by atoms with E-state index in [2.05, 4.69) is 50.5 Å². The largest absolute Gasteiger partial charge is 0.309 e. The second-order valence-electron chi connectivity index (χ2n) is 10.0. The highest BCUT2D eigenvalue weighted by Crippen LogP contribution is 2.60. The van der Waals surface area contributed by atoms with Crippen LogP contribution in [0.4, 0.5) is 0 Å². The molecule has 30 heavy (non-hydrogen) atoms. The summed E-state index contributed by atoms with van der Waals surface area (Å²) in [6, 6.07) is 0. The summed E-state index contributed by atoms with van der Waals surface area (Å²) in [4.78, 5) is 26.3. The SMILES string of the molecule is C=C=C1C2C(C(=O)N1CCCCCCCCCCCC(C)=O)C1(C)C=CC2(C)C=C1. The average Bonchev–Trinajstić information content (AvgIpc) is 3.02. The zero-order valence-corrected chi connectivity index (χ0v) is 19.2. The number of nitrogens with zero attached hydrogens (tertiary/aromatic N) is 1. The van der Waals surface area contributed by atoms with Crippen molar-refractivity contribution in [1.82, 2.24) is 4.90 Å². The second-order valence-corrected chi connectivity index (χ2v) is 10.0. The van der Waals surface area contributed by atoms with E-state index in [4.69, 9.17) is 0 Å². The Morgan fingerprint density at radius 3 is 1.87 bits per heavy atom. The van der Waals surface area contributed by atoms with Crippen molar-refractivity contribution in [3.05, 3.63) is 42.3 Å². The summed E-state index contributed by atoms with van der Waals surface area (Å²) in [5.74, 6) is 0.734. The minimum Gasteiger partial charge on any atom is -0.309 e. The van der Waals surface area contributed by atoms with Crippen LogP contribution in [-0.2, 0) is 9.59 Å². The predicted molar refractivity (Wildman–Crippen MR) is 123 cm³/mol. The van der Waals surface area contributed by atoms with E-state index in [1.807, 2.05) is 4.90 Å². The maximum absolute atomic E-state index is 13.3. The van der Waals surface area contributed by atoms with Crippen LogP contribution in [0.2, 0.25) is 0 Å². The van der Waals surface area contributed by atoms with E-state index < -0.39 is 0 Å². The molecule has 0 spiro atoms. The van der Waals surface area contributed by atoms with Gasteiger partial charge in [0.25, 0.3) is 0 Å². The lowest BCUT2D eigenvalue weighted by Crippen LogP contribution is -2.45. The molecule has 4 rings (SSSR count). The van der Waals surface area contributed by atoms with Gasteiger partial charge in [-0.25, -0.2) is 0 Å². The van der Waals surface area contributed by atoms with Gasteiger partial charge in [-0.3, -0.25) is 4.79 Å². The van der Waals surface area contributed by atoms with Gasteiger partial charge in [0.05, 0.1) is 11.6 Å². The summed E-state index contributed by atoms with van der Waals surface area (Å²) in [7, 11) is 0. The van der Waals surface area contributed by atoms with Gasteiger partial charge < -0.3 is 9.69 Å². The number of ketones is 1. The minimum absolute atomic E-state index is 0.00949. The molecule has 3 aliphatic carbocycles. The fourth-order valence-electron chi connectivity index (χ4n) is 5.60. The summed E-state index contributed by atoms with van der Waals surface area (Å²) in [5, 5.41) is 0. The quantitative estimate of drug-likeness (QED) is 0.213. The molecule has 1 aliphatic heterocycles. The molecule has 2 bridgehead atoms. The molecule has 1 heterocycles. The van der Waals surface area contributed by atoms with E-state index in [1.54, 1.807) is 6.92 Å². The van der Waals surface area contributed by atoms with Crippen LogP contribution in [-0.4, -0.2) is 23.1 Å². The van der Waals surface area contributed by atoms with E-state index in [0.29, 0.717) is 5.78 Å². The van der Waals surface area contributed by atoms with Crippen molar-refractivity contribution in [3.63, 3.8) is 0 Å². The first kappa shape index (κ1) is 22.8. The molecule has 0 aromatic carbocycles. The van der Waals surface area contributed by atoms with Gasteiger partial charge in [0.1, 0.15) is 5.78 Å². The van der Waals surface area contributed by atoms with Crippen molar-refractivity contribution in [1.29, 1.82) is 0 Å². The first-order chi connectivity index (χ1) is 14.3. The van der Waals surface area contributed by atoms with E-state index in [1.165, 1.54) is 44.9 Å². The minimum atomic E-state index is -0.180. The Balaban J connectivity index is 1.39. The third-order valence-corrected chi connectivity index (χ3v) is 7.49. The molecule has 1 fully saturated rings. The molecule has 164 valence electrons. The number of amides is 1. The third-order valence-electron chi connectivity index (χ3n) is 7.49. The number of carbonyl (C=O) groups excluding carboxylic acids is 2. The molecule has 0 N–H and O–H groups in total. The Bertz CT molecular complexity index is 754. The Kier molecular flexibility index (Phi) is 7.24. The molecule has 3 heteroatoms. The summed E-state index contributed by atoms with van der Waals surface area (Å²) >= 11 is 0. The molecule has 1 saturated heterocycles. The highest BCUT2D eigenvalue weighted by molar-refractivity contribution is 5.87. The van der Waals surface area contributed by atoms with Crippen LogP contribution in [0, 0.1) is 22.7 Å². The number of unbranched alkanes of at least 4 members (excludes halogenated alkanes) is 8. The van der Waals surface area contributed by atoms with Crippen LogP contribution < -0.4 is 0 Å². The van der Waals surface area contributed by atoms with Crippen molar-refractivity contribution >= 4 is 11.7 Å². The van der Waals surface area contributed by atoms with Gasteiger partial charge in [0, 0.05) is 29.7 Å². The topological polar surface area (TPSA) is 37.4 Å². The number of hydrogen-bond donors (Lipinski definition) is 0. The summed E-state index contributed by atoms with van der Waals surface area (Å²) in [6.45, 7) is 10.8. The molecule has 2 atom stereocenters. The number of likely N-dealkylation sites (tertiary alicyclic amines) is 1. The summed E-state index contributed by atoms with van der Waals surface area (Å²) in [5.41, 5.74) is 3.88. The van der Waals surface area contributed by atoms with Gasteiger partial charge >= 0.3 is 0 Å². The van der Waals surface area contributed by atoms with Crippen molar-refractivity contribution in [2.24, 2.45) is 22.7 Å². The Morgan fingerprint density at radius 2 is 1.37 bits per heavy atom. The molecule has 0 aromatic heterocycles. The lowest BCUT2D eigenvalue weighted by Gasteiger charge is -2.48. The molecule has 1 amide bonds. The molecule has 0 radical (unpaired) electrons. The number of rotatable bonds is 12. The van der Waals surface area contributed by atoms with Crippen molar-refractivity contribution in [2.45, 2.75) is 85.0 Å². The predicted octanol–water partition coefficient (Wildman–Crippen LogP) is 6.37. The fourth-order valence-corrected chi connectivity index (χ4v) is 5.60. The fraction of sp³-hybridized carbons (Fsp3) is 0.667. The number of hydrogen-bond acceptors (Lipinski definition) is 2. The van der Waals surface area contributed by atoms with E-state index in [0.717, 1.165) is 31.5 Å². The second kappa shape index (κ2) is 9.52. The molecule has 3 nitrogen and oxygen atoms in total. The Morgan fingerprint density at radius 1 is 0.900 bits per heavy atom. The summed E-state index contributed by atoms with van der Waals surface area (Å²) < 4.78 is 0. The van der Waals surface area contributed by atoms with Crippen LogP contribution in [0.3, 0.4) is 0 Å². The van der Waals surface area contributed by atoms with Gasteiger partial charge in [-0.15, -0.1) is 5.73 Å². The first-order valence-corrected chi connectivity index (χ1v) is 11.9. The van der Waals surface area contributed by atoms with E-state index in [-0.39, 0.29) is 28.6 Å². The van der Waals surface area contributed by atoms with Crippen molar-refractivity contribution in [3.8, 4) is 0 Å². The van der Waals surface area contributed by atoms with Crippen LogP contribution in [0.25, 0.3) is 0 Å². The smallest absolute Gasteiger partial charge is 0.232 e. The monoisotopic (exact) mass is 409 g/mol. The maximum Gasteiger partial charge on any atom is 0.232 e. The van der Waals surface area contributed by atoms with Gasteiger partial charge in [0.2, 0.25) is 5.91 Å². The van der Waals surface area contributed by atoms with E-state index >= 15 is 0 Å². The lowest BCUT2D eigenvalue weighted by molar-refractivity contribution is -0.133. The zero-order chi connectivity index (χ0) is 21.8. The van der Waals surface area contributed by atoms with Crippen LogP contribution >= 0.6 is 0 Å². The molecule has 0 saturated carbocycles. The number of Topliss-reactive ketones (excluding diaryl/α,β-unsaturated/α-hetero) is 1. The Hall–Kier alpha value is -1.86. The van der Waals surface area contributed by atoms with Gasteiger partial charge in [0.15, 0.2) is 0 Å². The lowest BCUT2D eigenvalue weighted by atomic mass is 9.53. The van der Waals surface area contributed by atoms with Gasteiger partial charge in [-0.05, 0) is 19.8 Å². The number of allylic oxidation sites excluding steroid dienone is 5. The highest BCUT2D eigenvalue weighted by Gasteiger charge is 2.60. The third kappa shape index (κ3) is 4.57. The molecular weight excluding hydrogens is 370 g/mol. The van der Waals surface area contributed by atoms with Gasteiger partial charge in [-0.2, -0.15) is 0 Å². The molecule has 2 unspecified atom stereocenters.